The van der Waals surface area contributed by atoms with Crippen LogP contribution in [0.1, 0.15) is 25.0 Å². The summed E-state index contributed by atoms with van der Waals surface area (Å²) in [6, 6.07) is 7.56. The van der Waals surface area contributed by atoms with Crippen molar-refractivity contribution in [3.8, 4) is 6.07 Å². The third-order valence-corrected chi connectivity index (χ3v) is 2.66. The van der Waals surface area contributed by atoms with E-state index in [4.69, 9.17) is 10.00 Å². The highest BCUT2D eigenvalue weighted by molar-refractivity contribution is 5.55. The van der Waals surface area contributed by atoms with Crippen LogP contribution >= 0.6 is 0 Å². The molecule has 4 heteroatoms. The minimum Gasteiger partial charge on any atom is -0.389 e. The number of aryl methyl sites for hydroxylation is 1. The number of ether oxygens (including phenoxy) is 1. The zero-order valence-corrected chi connectivity index (χ0v) is 11.8. The maximum atomic E-state index is 9.79. The number of anilines is 1. The van der Waals surface area contributed by atoms with Crippen molar-refractivity contribution >= 4 is 5.69 Å². The van der Waals surface area contributed by atoms with Crippen molar-refractivity contribution in [2.24, 2.45) is 5.92 Å². The Hall–Kier alpha value is -1.57. The topological polar surface area (TPSA) is 65.3 Å². The second kappa shape index (κ2) is 7.78. The fourth-order valence-electron chi connectivity index (χ4n) is 1.61. The largest absolute Gasteiger partial charge is 0.389 e. The fraction of sp³-hybridized carbons (Fsp3) is 0.533. The normalized spacial score (nSPS) is 12.2. The van der Waals surface area contributed by atoms with Crippen LogP contribution in [0.4, 0.5) is 5.69 Å². The smallest absolute Gasteiger partial charge is 0.0992 e. The summed E-state index contributed by atoms with van der Waals surface area (Å²) in [5, 5.41) is 21.8. The SMILES string of the molecule is Cc1ccc(C#N)cc1NCC(O)COCC(C)C. The van der Waals surface area contributed by atoms with Crippen molar-refractivity contribution in [2.45, 2.75) is 26.9 Å². The monoisotopic (exact) mass is 262 g/mol. The van der Waals surface area contributed by atoms with Gasteiger partial charge in [-0.1, -0.05) is 19.9 Å². The minimum atomic E-state index is -0.552. The van der Waals surface area contributed by atoms with Crippen LogP contribution in [0.5, 0.6) is 0 Å². The Morgan fingerprint density at radius 3 is 2.74 bits per heavy atom. The molecule has 0 aromatic heterocycles. The summed E-state index contributed by atoms with van der Waals surface area (Å²) >= 11 is 0. The molecule has 0 spiro atoms. The molecule has 19 heavy (non-hydrogen) atoms. The van der Waals surface area contributed by atoms with Gasteiger partial charge >= 0.3 is 0 Å². The first-order valence-electron chi connectivity index (χ1n) is 6.53. The Balaban J connectivity index is 2.41. The Labute approximate surface area is 115 Å². The average Bonchev–Trinajstić information content (AvgIpc) is 2.37. The Bertz CT molecular complexity index is 438. The van der Waals surface area contributed by atoms with Gasteiger partial charge in [0.05, 0.1) is 24.3 Å². The van der Waals surface area contributed by atoms with Crippen LogP contribution in [0.25, 0.3) is 0 Å². The standard InChI is InChI=1S/C15H22N2O2/c1-11(2)9-19-10-14(18)8-17-15-6-13(7-16)5-4-12(15)3/h4-6,11,14,17-18H,8-10H2,1-3H3. The third-order valence-electron chi connectivity index (χ3n) is 2.66. The molecule has 4 nitrogen and oxygen atoms in total. The molecule has 0 saturated heterocycles. The van der Waals surface area contributed by atoms with E-state index in [-0.39, 0.29) is 0 Å². The van der Waals surface area contributed by atoms with Gasteiger partial charge in [-0.25, -0.2) is 0 Å². The summed E-state index contributed by atoms with van der Waals surface area (Å²) < 4.78 is 5.38. The van der Waals surface area contributed by atoms with Gasteiger partial charge in [-0.15, -0.1) is 0 Å². The average molecular weight is 262 g/mol. The lowest BCUT2D eigenvalue weighted by Crippen LogP contribution is -2.26. The molecule has 104 valence electrons. The highest BCUT2D eigenvalue weighted by Crippen LogP contribution is 2.16. The van der Waals surface area contributed by atoms with Gasteiger partial charge in [-0.05, 0) is 30.5 Å². The number of rotatable bonds is 7. The lowest BCUT2D eigenvalue weighted by Gasteiger charge is -2.15. The van der Waals surface area contributed by atoms with Crippen molar-refractivity contribution in [3.63, 3.8) is 0 Å². The maximum absolute atomic E-state index is 9.79. The van der Waals surface area contributed by atoms with Crippen LogP contribution in [-0.4, -0.2) is 31.0 Å². The van der Waals surface area contributed by atoms with E-state index >= 15 is 0 Å². The van der Waals surface area contributed by atoms with Crippen molar-refractivity contribution < 1.29 is 9.84 Å². The Kier molecular flexibility index (Phi) is 6.34. The molecule has 1 rings (SSSR count). The molecule has 0 fully saturated rings. The van der Waals surface area contributed by atoms with Crippen LogP contribution in [-0.2, 0) is 4.74 Å². The number of aliphatic hydroxyl groups is 1. The summed E-state index contributed by atoms with van der Waals surface area (Å²) in [4.78, 5) is 0. The number of hydrogen-bond donors (Lipinski definition) is 2. The van der Waals surface area contributed by atoms with Crippen molar-refractivity contribution in [1.82, 2.24) is 0 Å². The van der Waals surface area contributed by atoms with Crippen LogP contribution in [0.3, 0.4) is 0 Å². The first-order chi connectivity index (χ1) is 9.02. The Morgan fingerprint density at radius 1 is 1.37 bits per heavy atom. The maximum Gasteiger partial charge on any atom is 0.0992 e. The number of nitrogens with one attached hydrogen (secondary N) is 1. The summed E-state index contributed by atoms with van der Waals surface area (Å²) in [5.41, 5.74) is 2.54. The highest BCUT2D eigenvalue weighted by Gasteiger charge is 2.06. The second-order valence-corrected chi connectivity index (χ2v) is 5.11. The van der Waals surface area contributed by atoms with Gasteiger partial charge in [-0.3, -0.25) is 0 Å². The lowest BCUT2D eigenvalue weighted by molar-refractivity contribution is 0.0318. The van der Waals surface area contributed by atoms with E-state index in [1.165, 1.54) is 0 Å². The van der Waals surface area contributed by atoms with Gasteiger partial charge in [0.2, 0.25) is 0 Å². The Morgan fingerprint density at radius 2 is 2.11 bits per heavy atom. The molecule has 0 saturated carbocycles. The summed E-state index contributed by atoms with van der Waals surface area (Å²) in [6.07, 6.45) is -0.552. The predicted molar refractivity (Wildman–Crippen MR) is 76.0 cm³/mol. The van der Waals surface area contributed by atoms with Gasteiger partial charge < -0.3 is 15.2 Å². The van der Waals surface area contributed by atoms with Crippen LogP contribution in [0.2, 0.25) is 0 Å². The summed E-state index contributed by atoms with van der Waals surface area (Å²) in [6.45, 7) is 7.49. The number of benzene rings is 1. The van der Waals surface area contributed by atoms with Crippen molar-refractivity contribution in [3.05, 3.63) is 29.3 Å². The third kappa shape index (κ3) is 5.73. The second-order valence-electron chi connectivity index (χ2n) is 5.11. The van der Waals surface area contributed by atoms with Gasteiger partial charge in [0, 0.05) is 18.8 Å². The van der Waals surface area contributed by atoms with Crippen LogP contribution < -0.4 is 5.32 Å². The number of aliphatic hydroxyl groups excluding tert-OH is 1. The first-order valence-corrected chi connectivity index (χ1v) is 6.53. The number of nitriles is 1. The molecule has 0 radical (unpaired) electrons. The molecule has 1 unspecified atom stereocenters. The molecule has 1 aromatic carbocycles. The van der Waals surface area contributed by atoms with E-state index in [1.54, 1.807) is 12.1 Å². The molecular weight excluding hydrogens is 240 g/mol. The van der Waals surface area contributed by atoms with Crippen LogP contribution in [0, 0.1) is 24.2 Å². The molecule has 1 aromatic rings. The quantitative estimate of drug-likeness (QED) is 0.791. The minimum absolute atomic E-state index is 0.322. The van der Waals surface area contributed by atoms with E-state index in [2.05, 4.69) is 25.2 Å². The zero-order valence-electron chi connectivity index (χ0n) is 11.8. The molecule has 0 amide bonds. The van der Waals surface area contributed by atoms with E-state index in [9.17, 15) is 5.11 Å². The molecule has 0 aliphatic rings. The molecule has 0 heterocycles. The fourth-order valence-corrected chi connectivity index (χ4v) is 1.61. The van der Waals surface area contributed by atoms with E-state index in [1.807, 2.05) is 13.0 Å². The number of hydrogen-bond acceptors (Lipinski definition) is 4. The highest BCUT2D eigenvalue weighted by atomic mass is 16.5. The van der Waals surface area contributed by atoms with E-state index < -0.39 is 6.10 Å². The van der Waals surface area contributed by atoms with Crippen molar-refractivity contribution in [1.29, 1.82) is 5.26 Å². The van der Waals surface area contributed by atoms with Crippen LogP contribution in [0.15, 0.2) is 18.2 Å². The van der Waals surface area contributed by atoms with E-state index in [0.717, 1.165) is 11.3 Å². The van der Waals surface area contributed by atoms with Gasteiger partial charge in [-0.2, -0.15) is 5.26 Å². The van der Waals surface area contributed by atoms with Gasteiger partial charge in [0.25, 0.3) is 0 Å². The first kappa shape index (κ1) is 15.5. The van der Waals surface area contributed by atoms with Gasteiger partial charge in [0.15, 0.2) is 0 Å². The zero-order chi connectivity index (χ0) is 14.3. The molecule has 1 atom stereocenters. The molecule has 0 aliphatic heterocycles. The molecule has 0 bridgehead atoms. The number of nitrogens with zero attached hydrogens (tertiary/aromatic N) is 1. The predicted octanol–water partition coefficient (Wildman–Crippen LogP) is 2.31. The van der Waals surface area contributed by atoms with E-state index in [0.29, 0.717) is 31.2 Å². The lowest BCUT2D eigenvalue weighted by atomic mass is 10.1. The molecule has 2 N–H and O–H groups in total. The molecular formula is C15H22N2O2. The summed E-state index contributed by atoms with van der Waals surface area (Å²) in [5.74, 6) is 0.467. The molecule has 0 aliphatic carbocycles. The van der Waals surface area contributed by atoms with Gasteiger partial charge in [0.1, 0.15) is 0 Å². The summed E-state index contributed by atoms with van der Waals surface area (Å²) in [7, 11) is 0. The van der Waals surface area contributed by atoms with Crippen molar-refractivity contribution in [2.75, 3.05) is 25.1 Å².